The van der Waals surface area contributed by atoms with Crippen LogP contribution in [0.15, 0.2) is 48.9 Å². The molecule has 2 heterocycles. The molecule has 4 aromatic rings. The van der Waals surface area contributed by atoms with Crippen molar-refractivity contribution in [1.29, 1.82) is 0 Å². The fraction of sp³-hybridized carbons (Fsp3) is 0.130. The summed E-state index contributed by atoms with van der Waals surface area (Å²) in [6, 6.07) is 7.45. The fourth-order valence-corrected chi connectivity index (χ4v) is 4.71. The molecule has 0 saturated heterocycles. The van der Waals surface area contributed by atoms with E-state index in [2.05, 4.69) is 20.3 Å². The SMILES string of the molecule is CCCS(=O)(=O)Nc1ccc(F)c(C(=O)c2c[nH]c3[nH+]cnc(Nc4ccc(C(=O)O)cc4)c23)c1F. The number of fused-ring (bicyclic) bond motifs is 1. The van der Waals surface area contributed by atoms with Gasteiger partial charge in [-0.2, -0.15) is 0 Å². The van der Waals surface area contributed by atoms with E-state index >= 15 is 4.39 Å². The first-order valence-electron chi connectivity index (χ1n) is 10.6. The summed E-state index contributed by atoms with van der Waals surface area (Å²) >= 11 is 0. The van der Waals surface area contributed by atoms with Crippen LogP contribution in [-0.4, -0.2) is 41.0 Å². The zero-order valence-electron chi connectivity index (χ0n) is 18.7. The van der Waals surface area contributed by atoms with Gasteiger partial charge in [-0.15, -0.1) is 0 Å². The number of hydrogen-bond donors (Lipinski definition) is 4. The Kier molecular flexibility index (Phi) is 6.66. The number of H-pyrrole nitrogens is 2. The molecular formula is C23H20F2N5O5S+. The highest BCUT2D eigenvalue weighted by Gasteiger charge is 2.28. The van der Waals surface area contributed by atoms with E-state index < -0.39 is 44.7 Å². The molecule has 5 N–H and O–H groups in total. The molecule has 0 aliphatic heterocycles. The number of sulfonamides is 1. The lowest BCUT2D eigenvalue weighted by Crippen LogP contribution is -2.18. The maximum Gasteiger partial charge on any atom is 0.335 e. The molecule has 0 atom stereocenters. The summed E-state index contributed by atoms with van der Waals surface area (Å²) < 4.78 is 56.1. The molecule has 10 nitrogen and oxygen atoms in total. The van der Waals surface area contributed by atoms with Crippen LogP contribution in [0.5, 0.6) is 0 Å². The number of anilines is 3. The molecule has 0 saturated carbocycles. The monoisotopic (exact) mass is 516 g/mol. The Labute approximate surface area is 203 Å². The number of ketones is 1. The minimum atomic E-state index is -3.89. The van der Waals surface area contributed by atoms with Crippen LogP contribution < -0.4 is 15.0 Å². The van der Waals surface area contributed by atoms with Gasteiger partial charge in [-0.25, -0.2) is 27.0 Å². The standard InChI is InChI=1S/C23H19F2N5O5S/c1-2-9-36(34,35)30-16-8-7-15(24)18(19(16)25)20(31)14-10-26-21-17(14)22(28-11-27-21)29-13-5-3-12(4-6-13)23(32)33/h3-8,10-11,30H,2,9H2,1H3,(H,32,33)(H2,26,27,28,29)/p+1. The van der Waals surface area contributed by atoms with Gasteiger partial charge in [0.15, 0.2) is 5.82 Å². The predicted molar refractivity (Wildman–Crippen MR) is 127 cm³/mol. The van der Waals surface area contributed by atoms with Crippen molar-refractivity contribution in [1.82, 2.24) is 9.97 Å². The van der Waals surface area contributed by atoms with Crippen LogP contribution in [0.4, 0.5) is 26.0 Å². The number of carboxylic acids is 1. The van der Waals surface area contributed by atoms with Gasteiger partial charge in [-0.3, -0.25) is 14.5 Å². The average molecular weight is 517 g/mol. The van der Waals surface area contributed by atoms with Gasteiger partial charge >= 0.3 is 5.97 Å². The zero-order valence-corrected chi connectivity index (χ0v) is 19.5. The Morgan fingerprint density at radius 2 is 1.86 bits per heavy atom. The van der Waals surface area contributed by atoms with Crippen molar-refractivity contribution in [3.05, 3.63) is 77.2 Å². The van der Waals surface area contributed by atoms with Crippen molar-refractivity contribution in [3.63, 3.8) is 0 Å². The summed E-state index contributed by atoms with van der Waals surface area (Å²) in [5, 5.41) is 12.2. The molecule has 0 unspecified atom stereocenters. The average Bonchev–Trinajstić information content (AvgIpc) is 3.26. The van der Waals surface area contributed by atoms with Crippen LogP contribution in [0.2, 0.25) is 0 Å². The maximum atomic E-state index is 15.2. The molecule has 0 aliphatic carbocycles. The Morgan fingerprint density at radius 3 is 2.53 bits per heavy atom. The first-order chi connectivity index (χ1) is 17.1. The maximum absolute atomic E-state index is 15.2. The van der Waals surface area contributed by atoms with Crippen LogP contribution >= 0.6 is 0 Å². The third kappa shape index (κ3) is 4.86. The second-order valence-corrected chi connectivity index (χ2v) is 9.59. The van der Waals surface area contributed by atoms with E-state index in [1.54, 1.807) is 6.92 Å². The van der Waals surface area contributed by atoms with Crippen molar-refractivity contribution in [3.8, 4) is 0 Å². The number of benzene rings is 2. The largest absolute Gasteiger partial charge is 0.478 e. The quantitative estimate of drug-likeness (QED) is 0.248. The van der Waals surface area contributed by atoms with E-state index in [0.717, 1.165) is 12.1 Å². The molecule has 186 valence electrons. The summed E-state index contributed by atoms with van der Waals surface area (Å²) in [5.41, 5.74) is -0.783. The summed E-state index contributed by atoms with van der Waals surface area (Å²) in [6.07, 6.45) is 2.85. The number of hydrogen-bond acceptors (Lipinski definition) is 6. The first kappa shape index (κ1) is 24.7. The number of carboxylic acid groups (broad SMARTS) is 1. The predicted octanol–water partition coefficient (Wildman–Crippen LogP) is 3.48. The lowest BCUT2D eigenvalue weighted by Gasteiger charge is -2.11. The van der Waals surface area contributed by atoms with Gasteiger partial charge in [0.05, 0.1) is 34.3 Å². The Morgan fingerprint density at radius 1 is 1.14 bits per heavy atom. The van der Waals surface area contributed by atoms with E-state index in [-0.39, 0.29) is 34.5 Å². The highest BCUT2D eigenvalue weighted by atomic mass is 32.2. The fourth-order valence-electron chi connectivity index (χ4n) is 3.58. The van der Waals surface area contributed by atoms with Crippen molar-refractivity contribution in [2.45, 2.75) is 13.3 Å². The van der Waals surface area contributed by atoms with E-state index in [1.165, 1.54) is 36.8 Å². The minimum absolute atomic E-state index is 0.0676. The van der Waals surface area contributed by atoms with Gasteiger partial charge < -0.3 is 10.4 Å². The van der Waals surface area contributed by atoms with Crippen LogP contribution in [0.25, 0.3) is 11.0 Å². The lowest BCUT2D eigenvalue weighted by atomic mass is 10.0. The minimum Gasteiger partial charge on any atom is -0.478 e. The Balaban J connectivity index is 1.75. The highest BCUT2D eigenvalue weighted by Crippen LogP contribution is 2.30. The topological polar surface area (TPSA) is 155 Å². The van der Waals surface area contributed by atoms with Gasteiger partial charge in [0.2, 0.25) is 33.6 Å². The van der Waals surface area contributed by atoms with Crippen molar-refractivity contribution < 1.29 is 36.9 Å². The van der Waals surface area contributed by atoms with E-state index in [1.807, 2.05) is 4.72 Å². The summed E-state index contributed by atoms with van der Waals surface area (Å²) in [6.45, 7) is 1.63. The van der Waals surface area contributed by atoms with Gasteiger partial charge in [0, 0.05) is 5.69 Å². The number of carbonyl (C=O) groups excluding carboxylic acids is 1. The van der Waals surface area contributed by atoms with E-state index in [0.29, 0.717) is 11.3 Å². The molecule has 0 radical (unpaired) electrons. The molecule has 13 heteroatoms. The molecule has 0 spiro atoms. The third-order valence-corrected chi connectivity index (χ3v) is 6.69. The molecule has 0 amide bonds. The van der Waals surface area contributed by atoms with Crippen LogP contribution in [-0.2, 0) is 10.0 Å². The zero-order chi connectivity index (χ0) is 26.0. The summed E-state index contributed by atoms with van der Waals surface area (Å²) in [7, 11) is -3.89. The molecule has 0 bridgehead atoms. The van der Waals surface area contributed by atoms with Gasteiger partial charge in [0.1, 0.15) is 11.2 Å². The Hall–Kier alpha value is -4.39. The molecule has 0 aliphatic rings. The van der Waals surface area contributed by atoms with E-state index in [9.17, 15) is 22.4 Å². The summed E-state index contributed by atoms with van der Waals surface area (Å²) in [5.74, 6) is -4.79. The third-order valence-electron chi connectivity index (χ3n) is 5.22. The van der Waals surface area contributed by atoms with Crippen molar-refractivity contribution in [2.24, 2.45) is 0 Å². The smallest absolute Gasteiger partial charge is 0.335 e. The van der Waals surface area contributed by atoms with Crippen LogP contribution in [0, 0.1) is 11.6 Å². The number of aromatic amines is 2. The number of aromatic carboxylic acids is 1. The number of halogens is 2. The van der Waals surface area contributed by atoms with E-state index in [4.69, 9.17) is 5.11 Å². The van der Waals surface area contributed by atoms with Crippen LogP contribution in [0.3, 0.4) is 0 Å². The van der Waals surface area contributed by atoms with Crippen molar-refractivity contribution in [2.75, 3.05) is 15.8 Å². The van der Waals surface area contributed by atoms with Crippen molar-refractivity contribution >= 4 is 50.0 Å². The molecule has 0 fully saturated rings. The summed E-state index contributed by atoms with van der Waals surface area (Å²) in [4.78, 5) is 34.2. The van der Waals surface area contributed by atoms with Gasteiger partial charge in [-0.1, -0.05) is 11.9 Å². The number of carbonyl (C=O) groups is 2. The first-order valence-corrected chi connectivity index (χ1v) is 12.3. The lowest BCUT2D eigenvalue weighted by molar-refractivity contribution is -0.352. The number of nitrogens with one attached hydrogen (secondary N) is 4. The molecule has 4 rings (SSSR count). The molecule has 36 heavy (non-hydrogen) atoms. The van der Waals surface area contributed by atoms with Crippen LogP contribution in [0.1, 0.15) is 39.6 Å². The normalized spacial score (nSPS) is 11.4. The highest BCUT2D eigenvalue weighted by molar-refractivity contribution is 7.92. The molecule has 2 aromatic heterocycles. The number of aromatic nitrogens is 3. The molecule has 2 aromatic carbocycles. The number of nitrogens with zero attached hydrogens (tertiary/aromatic N) is 1. The molecular weight excluding hydrogens is 496 g/mol. The second kappa shape index (κ2) is 9.70. The number of rotatable bonds is 9. The Bertz CT molecular complexity index is 1590. The van der Waals surface area contributed by atoms with Gasteiger partial charge in [0.25, 0.3) is 0 Å². The second-order valence-electron chi connectivity index (χ2n) is 7.74. The van der Waals surface area contributed by atoms with Gasteiger partial charge in [-0.05, 0) is 42.8 Å².